The first-order valence-electron chi connectivity index (χ1n) is 8.08. The molecule has 0 heterocycles. The number of hydrogen-bond acceptors (Lipinski definition) is 2. The van der Waals surface area contributed by atoms with Crippen LogP contribution in [0.25, 0.3) is 0 Å². The van der Waals surface area contributed by atoms with Gasteiger partial charge in [0.05, 0.1) is 0 Å². The molecule has 4 heteroatoms. The van der Waals surface area contributed by atoms with Crippen molar-refractivity contribution in [3.05, 3.63) is 0 Å². The minimum absolute atomic E-state index is 0.157. The molecule has 0 aromatic rings. The topological polar surface area (TPSA) is 58.4 Å². The van der Waals surface area contributed by atoms with Crippen LogP contribution in [0.3, 0.4) is 0 Å². The van der Waals surface area contributed by atoms with Crippen LogP contribution >= 0.6 is 0 Å². The summed E-state index contributed by atoms with van der Waals surface area (Å²) in [4.78, 5) is 14.5. The highest BCUT2D eigenvalue weighted by Gasteiger charge is 2.27. The lowest BCUT2D eigenvalue weighted by molar-refractivity contribution is 0.157. The zero-order chi connectivity index (χ0) is 13.5. The molecule has 2 aliphatic carbocycles. The van der Waals surface area contributed by atoms with E-state index in [0.29, 0.717) is 18.6 Å². The standard InChI is InChI=1S/C15H29N3O/c16-11-6-12-18(14-9-3-1-2-4-10-14)15(19)17-13-7-5-8-13/h13-14H,1-12,16H2,(H,17,19). The van der Waals surface area contributed by atoms with Crippen molar-refractivity contribution in [2.75, 3.05) is 13.1 Å². The Morgan fingerprint density at radius 1 is 1.05 bits per heavy atom. The fraction of sp³-hybridized carbons (Fsp3) is 0.933. The van der Waals surface area contributed by atoms with Crippen LogP contribution in [0.5, 0.6) is 0 Å². The van der Waals surface area contributed by atoms with Gasteiger partial charge < -0.3 is 16.0 Å². The molecule has 2 rings (SSSR count). The summed E-state index contributed by atoms with van der Waals surface area (Å²) in [6.45, 7) is 1.49. The molecule has 0 aromatic carbocycles. The van der Waals surface area contributed by atoms with E-state index >= 15 is 0 Å². The molecule has 0 bridgehead atoms. The number of carbonyl (C=O) groups is 1. The van der Waals surface area contributed by atoms with Gasteiger partial charge in [0, 0.05) is 18.6 Å². The molecule has 2 saturated carbocycles. The number of carbonyl (C=O) groups excluding carboxylic acids is 1. The van der Waals surface area contributed by atoms with Crippen molar-refractivity contribution < 1.29 is 4.79 Å². The molecule has 2 amide bonds. The molecular formula is C15H29N3O. The predicted molar refractivity (Wildman–Crippen MR) is 78.0 cm³/mol. The molecular weight excluding hydrogens is 238 g/mol. The summed E-state index contributed by atoms with van der Waals surface area (Å²) in [5, 5.41) is 3.19. The van der Waals surface area contributed by atoms with Gasteiger partial charge in [-0.1, -0.05) is 25.7 Å². The summed E-state index contributed by atoms with van der Waals surface area (Å²) in [5.74, 6) is 0. The number of nitrogens with zero attached hydrogens (tertiary/aromatic N) is 1. The third kappa shape index (κ3) is 4.37. The van der Waals surface area contributed by atoms with E-state index in [-0.39, 0.29) is 6.03 Å². The number of nitrogens with two attached hydrogens (primary N) is 1. The number of hydrogen-bond donors (Lipinski definition) is 2. The molecule has 110 valence electrons. The van der Waals surface area contributed by atoms with Crippen LogP contribution in [0.1, 0.15) is 64.2 Å². The Bertz CT molecular complexity index is 271. The van der Waals surface area contributed by atoms with E-state index in [2.05, 4.69) is 10.2 Å². The Balaban J connectivity index is 1.89. The first-order chi connectivity index (χ1) is 9.31. The van der Waals surface area contributed by atoms with Gasteiger partial charge in [-0.25, -0.2) is 4.79 Å². The maximum absolute atomic E-state index is 12.4. The number of amides is 2. The highest BCUT2D eigenvalue weighted by molar-refractivity contribution is 5.75. The summed E-state index contributed by atoms with van der Waals surface area (Å²) in [7, 11) is 0. The summed E-state index contributed by atoms with van der Waals surface area (Å²) >= 11 is 0. The quantitative estimate of drug-likeness (QED) is 0.752. The van der Waals surface area contributed by atoms with Gasteiger partial charge in [0.15, 0.2) is 0 Å². The SMILES string of the molecule is NCCCN(C(=O)NC1CCC1)C1CCCCCC1. The molecule has 2 fully saturated rings. The summed E-state index contributed by atoms with van der Waals surface area (Å²) < 4.78 is 0. The Morgan fingerprint density at radius 3 is 2.26 bits per heavy atom. The fourth-order valence-corrected chi connectivity index (χ4v) is 3.09. The van der Waals surface area contributed by atoms with E-state index in [9.17, 15) is 4.79 Å². The average Bonchev–Trinajstić information content (AvgIpc) is 2.63. The normalized spacial score (nSPS) is 21.5. The van der Waals surface area contributed by atoms with Crippen molar-refractivity contribution in [3.8, 4) is 0 Å². The Hall–Kier alpha value is -0.770. The Morgan fingerprint density at radius 2 is 1.74 bits per heavy atom. The minimum Gasteiger partial charge on any atom is -0.335 e. The molecule has 0 aromatic heterocycles. The zero-order valence-corrected chi connectivity index (χ0v) is 12.1. The lowest BCUT2D eigenvalue weighted by atomic mass is 9.93. The van der Waals surface area contributed by atoms with Crippen LogP contribution in [-0.4, -0.2) is 36.1 Å². The van der Waals surface area contributed by atoms with E-state index in [4.69, 9.17) is 5.73 Å². The number of urea groups is 1. The molecule has 0 spiro atoms. The lowest BCUT2D eigenvalue weighted by Gasteiger charge is -2.35. The second-order valence-corrected chi connectivity index (χ2v) is 6.06. The van der Waals surface area contributed by atoms with Crippen LogP contribution < -0.4 is 11.1 Å². The van der Waals surface area contributed by atoms with Gasteiger partial charge in [-0.2, -0.15) is 0 Å². The van der Waals surface area contributed by atoms with E-state index in [1.807, 2.05) is 0 Å². The molecule has 0 saturated heterocycles. The first-order valence-corrected chi connectivity index (χ1v) is 8.08. The van der Waals surface area contributed by atoms with E-state index in [1.165, 1.54) is 44.9 Å². The summed E-state index contributed by atoms with van der Waals surface area (Å²) in [5.41, 5.74) is 5.62. The summed E-state index contributed by atoms with van der Waals surface area (Å²) in [6.07, 6.45) is 12.0. The monoisotopic (exact) mass is 267 g/mol. The Kier molecular flexibility index (Phi) is 5.95. The summed E-state index contributed by atoms with van der Waals surface area (Å²) in [6, 6.07) is 1.03. The highest BCUT2D eigenvalue weighted by atomic mass is 16.2. The number of rotatable bonds is 5. The van der Waals surface area contributed by atoms with Crippen LogP contribution in [-0.2, 0) is 0 Å². The van der Waals surface area contributed by atoms with Gasteiger partial charge in [-0.15, -0.1) is 0 Å². The molecule has 4 nitrogen and oxygen atoms in total. The lowest BCUT2D eigenvalue weighted by Crippen LogP contribution is -2.51. The van der Waals surface area contributed by atoms with Crippen molar-refractivity contribution in [2.24, 2.45) is 5.73 Å². The molecule has 19 heavy (non-hydrogen) atoms. The number of nitrogens with one attached hydrogen (secondary N) is 1. The van der Waals surface area contributed by atoms with Crippen LogP contribution in [0, 0.1) is 0 Å². The second kappa shape index (κ2) is 7.73. The highest BCUT2D eigenvalue weighted by Crippen LogP contribution is 2.23. The van der Waals surface area contributed by atoms with Crippen molar-refractivity contribution in [1.82, 2.24) is 10.2 Å². The van der Waals surface area contributed by atoms with Gasteiger partial charge in [0.25, 0.3) is 0 Å². The second-order valence-electron chi connectivity index (χ2n) is 6.06. The van der Waals surface area contributed by atoms with E-state index in [0.717, 1.165) is 25.8 Å². The van der Waals surface area contributed by atoms with Crippen LogP contribution in [0.4, 0.5) is 4.79 Å². The molecule has 0 unspecified atom stereocenters. The van der Waals surface area contributed by atoms with Crippen molar-refractivity contribution in [1.29, 1.82) is 0 Å². The van der Waals surface area contributed by atoms with Crippen LogP contribution in [0.2, 0.25) is 0 Å². The van der Waals surface area contributed by atoms with Crippen molar-refractivity contribution >= 4 is 6.03 Å². The third-order valence-electron chi connectivity index (χ3n) is 4.56. The van der Waals surface area contributed by atoms with Gasteiger partial charge >= 0.3 is 6.03 Å². The van der Waals surface area contributed by atoms with Gasteiger partial charge in [0.1, 0.15) is 0 Å². The van der Waals surface area contributed by atoms with Crippen LogP contribution in [0.15, 0.2) is 0 Å². The first kappa shape index (κ1) is 14.6. The van der Waals surface area contributed by atoms with Crippen molar-refractivity contribution in [3.63, 3.8) is 0 Å². The van der Waals surface area contributed by atoms with Crippen molar-refractivity contribution in [2.45, 2.75) is 76.3 Å². The van der Waals surface area contributed by atoms with E-state index in [1.54, 1.807) is 0 Å². The predicted octanol–water partition coefficient (Wildman–Crippen LogP) is 2.62. The molecule has 2 aliphatic rings. The Labute approximate surface area is 117 Å². The molecule has 3 N–H and O–H groups in total. The van der Waals surface area contributed by atoms with Gasteiger partial charge in [-0.05, 0) is 45.1 Å². The van der Waals surface area contributed by atoms with Gasteiger partial charge in [-0.3, -0.25) is 0 Å². The maximum Gasteiger partial charge on any atom is 0.317 e. The fourth-order valence-electron chi connectivity index (χ4n) is 3.09. The average molecular weight is 267 g/mol. The zero-order valence-electron chi connectivity index (χ0n) is 12.1. The van der Waals surface area contributed by atoms with E-state index < -0.39 is 0 Å². The molecule has 0 atom stereocenters. The third-order valence-corrected chi connectivity index (χ3v) is 4.56. The smallest absolute Gasteiger partial charge is 0.317 e. The minimum atomic E-state index is 0.157. The largest absolute Gasteiger partial charge is 0.335 e. The molecule has 0 radical (unpaired) electrons. The van der Waals surface area contributed by atoms with Gasteiger partial charge in [0.2, 0.25) is 0 Å². The maximum atomic E-state index is 12.4. The molecule has 0 aliphatic heterocycles.